The van der Waals surface area contributed by atoms with Crippen molar-refractivity contribution in [2.24, 2.45) is 0 Å². The smallest absolute Gasteiger partial charge is 0.319 e. The van der Waals surface area contributed by atoms with Crippen molar-refractivity contribution in [1.29, 1.82) is 5.26 Å². The summed E-state index contributed by atoms with van der Waals surface area (Å²) in [4.78, 5) is 13.0. The van der Waals surface area contributed by atoms with Crippen LogP contribution in [0.2, 0.25) is 5.02 Å². The molecule has 14 heteroatoms. The van der Waals surface area contributed by atoms with E-state index in [1.54, 1.807) is 4.90 Å². The maximum absolute atomic E-state index is 16.8. The van der Waals surface area contributed by atoms with Gasteiger partial charge in [-0.15, -0.1) is 11.3 Å². The lowest BCUT2D eigenvalue weighted by Crippen LogP contribution is -2.43. The first kappa shape index (κ1) is 29.3. The molecular weight excluding hydrogens is 617 g/mol. The minimum Gasteiger partial charge on any atom is -0.461 e. The predicted molar refractivity (Wildman–Crippen MR) is 162 cm³/mol. The summed E-state index contributed by atoms with van der Waals surface area (Å²) in [6.45, 7) is 2.20. The Morgan fingerprint density at radius 3 is 2.93 bits per heavy atom. The highest BCUT2D eigenvalue weighted by atomic mass is 35.5. The van der Waals surface area contributed by atoms with Crippen molar-refractivity contribution in [3.8, 4) is 23.2 Å². The number of nitriles is 1. The van der Waals surface area contributed by atoms with E-state index in [0.717, 1.165) is 30.7 Å². The molecule has 0 saturated carbocycles. The van der Waals surface area contributed by atoms with Crippen LogP contribution in [0, 0.1) is 23.0 Å². The van der Waals surface area contributed by atoms with Crippen LogP contribution in [0.1, 0.15) is 24.8 Å². The molecule has 9 nitrogen and oxygen atoms in total. The molecule has 230 valence electrons. The predicted octanol–water partition coefficient (Wildman–Crippen LogP) is 5.05. The highest BCUT2D eigenvalue weighted by Crippen LogP contribution is 2.46. The van der Waals surface area contributed by atoms with Crippen LogP contribution in [-0.2, 0) is 4.74 Å². The number of rotatable bonds is 5. The number of fused-ring (bicyclic) bond motifs is 3. The van der Waals surface area contributed by atoms with Gasteiger partial charge in [-0.3, -0.25) is 4.90 Å². The first-order valence-electron chi connectivity index (χ1n) is 14.3. The Hall–Kier alpha value is -3.41. The maximum Gasteiger partial charge on any atom is 0.319 e. The maximum atomic E-state index is 16.8. The van der Waals surface area contributed by atoms with Crippen molar-refractivity contribution in [3.05, 3.63) is 40.4 Å². The Labute approximate surface area is 259 Å². The molecule has 4 aromatic rings. The van der Waals surface area contributed by atoms with Crippen molar-refractivity contribution < 1.29 is 27.8 Å². The minimum atomic E-state index is -0.954. The average molecular weight is 645 g/mol. The van der Waals surface area contributed by atoms with Crippen molar-refractivity contribution in [2.45, 2.75) is 37.1 Å². The zero-order valence-electron chi connectivity index (χ0n) is 23.5. The second-order valence-corrected chi connectivity index (χ2v) is 13.0. The van der Waals surface area contributed by atoms with Gasteiger partial charge in [0.15, 0.2) is 5.82 Å². The average Bonchev–Trinajstić information content (AvgIpc) is 3.57. The SMILES string of the molecule is N#Cc1c(N)sc2c(F)ccc(-c3c(Cl)cc4c(N5CCOC[C@H](O)C5)nc(OC[C@@]56CCCN5C[C@H](F)C6)nc4c3F)c12. The highest BCUT2D eigenvalue weighted by Gasteiger charge is 2.49. The third-order valence-electron chi connectivity index (χ3n) is 8.82. The lowest BCUT2D eigenvalue weighted by molar-refractivity contribution is 0.0597. The summed E-state index contributed by atoms with van der Waals surface area (Å²) in [7, 11) is 0. The van der Waals surface area contributed by atoms with Crippen molar-refractivity contribution >= 4 is 54.7 Å². The Bertz CT molecular complexity index is 1840. The molecule has 2 aromatic heterocycles. The van der Waals surface area contributed by atoms with Gasteiger partial charge in [0.1, 0.15) is 41.0 Å². The third kappa shape index (κ3) is 4.80. The number of hydrogen-bond donors (Lipinski definition) is 2. The number of nitrogen functional groups attached to an aromatic ring is 1. The van der Waals surface area contributed by atoms with Crippen LogP contribution in [-0.4, -0.2) is 83.8 Å². The van der Waals surface area contributed by atoms with Crippen molar-refractivity contribution in [2.75, 3.05) is 56.6 Å². The number of ether oxygens (including phenoxy) is 2. The molecule has 0 bridgehead atoms. The number of hydrogen-bond acceptors (Lipinski definition) is 10. The van der Waals surface area contributed by atoms with Crippen molar-refractivity contribution in [3.63, 3.8) is 0 Å². The van der Waals surface area contributed by atoms with Gasteiger partial charge in [-0.25, -0.2) is 13.2 Å². The number of benzene rings is 2. The Morgan fingerprint density at radius 2 is 2.11 bits per heavy atom. The number of aliphatic hydroxyl groups is 1. The van der Waals surface area contributed by atoms with Crippen LogP contribution >= 0.6 is 22.9 Å². The lowest BCUT2D eigenvalue weighted by atomic mass is 9.95. The molecule has 44 heavy (non-hydrogen) atoms. The number of thiophene rings is 1. The zero-order valence-corrected chi connectivity index (χ0v) is 25.0. The van der Waals surface area contributed by atoms with E-state index in [1.165, 1.54) is 18.2 Å². The number of alkyl halides is 1. The first-order chi connectivity index (χ1) is 21.2. The second-order valence-electron chi connectivity index (χ2n) is 11.6. The van der Waals surface area contributed by atoms with E-state index in [0.29, 0.717) is 31.9 Å². The number of nitrogens with two attached hydrogens (primary N) is 1. The van der Waals surface area contributed by atoms with E-state index in [2.05, 4.69) is 14.9 Å². The quantitative estimate of drug-likeness (QED) is 0.308. The molecule has 3 aliphatic heterocycles. The largest absolute Gasteiger partial charge is 0.461 e. The number of β-amino-alcohol motifs (C(OH)–C–C–N with tert-alkyl or cyclic N) is 1. The normalized spacial score (nSPS) is 24.1. The number of aromatic nitrogens is 2. The Balaban J connectivity index is 1.40. The monoisotopic (exact) mass is 644 g/mol. The van der Waals surface area contributed by atoms with Crippen LogP contribution in [0.15, 0.2) is 18.2 Å². The summed E-state index contributed by atoms with van der Waals surface area (Å²) in [6, 6.07) is 5.96. The van der Waals surface area contributed by atoms with Gasteiger partial charge >= 0.3 is 6.01 Å². The molecule has 7 rings (SSSR count). The number of nitrogens with zero attached hydrogens (tertiary/aromatic N) is 5. The fourth-order valence-electron chi connectivity index (χ4n) is 6.85. The molecule has 0 aliphatic carbocycles. The number of anilines is 2. The minimum absolute atomic E-state index is 0.0119. The summed E-state index contributed by atoms with van der Waals surface area (Å²) in [5, 5.41) is 20.8. The van der Waals surface area contributed by atoms with E-state index in [9.17, 15) is 19.1 Å². The van der Waals surface area contributed by atoms with E-state index >= 15 is 4.39 Å². The second kappa shape index (κ2) is 11.2. The molecule has 3 aliphatic rings. The van der Waals surface area contributed by atoms with E-state index < -0.39 is 29.4 Å². The van der Waals surface area contributed by atoms with Gasteiger partial charge in [-0.05, 0) is 37.1 Å². The van der Waals surface area contributed by atoms with Crippen LogP contribution in [0.25, 0.3) is 32.1 Å². The summed E-state index contributed by atoms with van der Waals surface area (Å²) < 4.78 is 57.7. The first-order valence-corrected chi connectivity index (χ1v) is 15.5. The molecule has 2 aromatic carbocycles. The number of halogens is 4. The molecule has 0 amide bonds. The van der Waals surface area contributed by atoms with Crippen LogP contribution in [0.5, 0.6) is 6.01 Å². The number of aliphatic hydroxyl groups excluding tert-OH is 1. The summed E-state index contributed by atoms with van der Waals surface area (Å²) in [6.07, 6.45) is 0.251. The topological polar surface area (TPSA) is 121 Å². The van der Waals surface area contributed by atoms with Gasteiger partial charge in [0.05, 0.1) is 40.1 Å². The van der Waals surface area contributed by atoms with Crippen LogP contribution in [0.3, 0.4) is 0 Å². The fraction of sp³-hybridized carbons (Fsp3) is 0.433. The van der Waals surface area contributed by atoms with Gasteiger partial charge < -0.3 is 25.2 Å². The molecule has 3 fully saturated rings. The molecule has 3 atom stereocenters. The van der Waals surface area contributed by atoms with Crippen LogP contribution < -0.4 is 15.4 Å². The van der Waals surface area contributed by atoms with Gasteiger partial charge in [0.2, 0.25) is 0 Å². The molecule has 5 heterocycles. The van der Waals surface area contributed by atoms with E-state index in [1.807, 2.05) is 6.07 Å². The summed E-state index contributed by atoms with van der Waals surface area (Å²) in [5.41, 5.74) is 5.57. The molecule has 0 unspecified atom stereocenters. The molecule has 0 spiro atoms. The van der Waals surface area contributed by atoms with Gasteiger partial charge in [-0.2, -0.15) is 15.2 Å². The van der Waals surface area contributed by atoms with Gasteiger partial charge in [-0.1, -0.05) is 17.7 Å². The molecule has 3 saturated heterocycles. The molecule has 0 radical (unpaired) electrons. The standard InChI is InChI=1S/C30H28ClF3N6O3S/c31-20-8-18-25(24(34)23(20)17-2-3-21(33)26-22(17)19(10-35)27(36)44-26)37-29(38-28(18)39-6-7-42-13-16(41)12-39)43-14-30-4-1-5-40(30)11-15(32)9-30/h2-3,8,15-16,41H,1,4-7,9,11-14,36H2/t15-,16-,30+/m1/s1. The Morgan fingerprint density at radius 1 is 1.27 bits per heavy atom. The third-order valence-corrected chi connectivity index (χ3v) is 10.1. The van der Waals surface area contributed by atoms with E-state index in [4.69, 9.17) is 26.8 Å². The fourth-order valence-corrected chi connectivity index (χ4v) is 8.10. The Kier molecular flexibility index (Phi) is 7.45. The van der Waals surface area contributed by atoms with Crippen LogP contribution in [0.4, 0.5) is 24.0 Å². The zero-order chi connectivity index (χ0) is 30.7. The molecule has 3 N–H and O–H groups in total. The summed E-state index contributed by atoms with van der Waals surface area (Å²) >= 11 is 7.66. The highest BCUT2D eigenvalue weighted by molar-refractivity contribution is 7.23. The van der Waals surface area contributed by atoms with Gasteiger partial charge in [0, 0.05) is 42.4 Å². The van der Waals surface area contributed by atoms with Crippen molar-refractivity contribution in [1.82, 2.24) is 14.9 Å². The van der Waals surface area contributed by atoms with Gasteiger partial charge in [0.25, 0.3) is 0 Å². The lowest BCUT2D eigenvalue weighted by Gasteiger charge is -2.31. The molecular formula is C30H28ClF3N6O3S. The van der Waals surface area contributed by atoms with E-state index in [-0.39, 0.29) is 73.5 Å². The summed E-state index contributed by atoms with van der Waals surface area (Å²) in [5.74, 6) is -1.12.